The van der Waals surface area contributed by atoms with E-state index in [-0.39, 0.29) is 17.0 Å². The largest absolute Gasteiger partial charge is 0.493 e. The topological polar surface area (TPSA) is 85.8 Å². The van der Waals surface area contributed by atoms with Crippen molar-refractivity contribution in [1.29, 1.82) is 0 Å². The van der Waals surface area contributed by atoms with Gasteiger partial charge in [0.15, 0.2) is 17.2 Å². The van der Waals surface area contributed by atoms with Gasteiger partial charge in [0.05, 0.1) is 20.8 Å². The van der Waals surface area contributed by atoms with Crippen LogP contribution in [0.4, 0.5) is 5.82 Å². The maximum atomic E-state index is 11.7. The van der Waals surface area contributed by atoms with Crippen LogP contribution < -0.4 is 14.8 Å². The molecule has 0 bridgehead atoms. The Hall–Kier alpha value is -2.58. The van der Waals surface area contributed by atoms with E-state index in [9.17, 15) is 4.79 Å². The first-order valence-corrected chi connectivity index (χ1v) is 11.3. The van der Waals surface area contributed by atoms with Gasteiger partial charge in [0.25, 0.3) is 0 Å². The number of benzene rings is 1. The number of unbranched alkanes of at least 4 members (excludes halogenated alkanes) is 1. The minimum absolute atomic E-state index is 0.0179. The van der Waals surface area contributed by atoms with Crippen LogP contribution in [0.2, 0.25) is 5.28 Å². The number of aromatic nitrogens is 2. The number of hydrogen-bond acceptors (Lipinski definition) is 8. The molecule has 1 aliphatic rings. The normalized spacial score (nSPS) is 14.8. The standard InChI is InChI=1S/C23H31ClN4O4/c1-4-5-12-32-20-13-16(6-7-19(20)30-2)15-28-10-8-17(9-11-28)25-21-14-18(22(29)31-3)26-23(24)27-21/h6-7,13-14,17H,4-5,8-12,15H2,1-3H3,(H,25,26,27). The van der Waals surface area contributed by atoms with Gasteiger partial charge in [-0.25, -0.2) is 14.8 Å². The molecule has 9 heteroatoms. The predicted molar refractivity (Wildman–Crippen MR) is 124 cm³/mol. The van der Waals surface area contributed by atoms with E-state index in [1.165, 1.54) is 12.7 Å². The average molecular weight is 463 g/mol. The molecule has 8 nitrogen and oxygen atoms in total. The lowest BCUT2D eigenvalue weighted by Gasteiger charge is -2.32. The molecule has 0 radical (unpaired) electrons. The van der Waals surface area contributed by atoms with E-state index in [1.54, 1.807) is 13.2 Å². The summed E-state index contributed by atoms with van der Waals surface area (Å²) in [6.07, 6.45) is 4.01. The highest BCUT2D eigenvalue weighted by Crippen LogP contribution is 2.29. The van der Waals surface area contributed by atoms with Crippen LogP contribution in [0.1, 0.15) is 48.7 Å². The summed E-state index contributed by atoms with van der Waals surface area (Å²) in [5.74, 6) is 1.57. The maximum Gasteiger partial charge on any atom is 0.356 e. The van der Waals surface area contributed by atoms with E-state index in [2.05, 4.69) is 39.2 Å². The quantitative estimate of drug-likeness (QED) is 0.319. The number of nitrogens with one attached hydrogen (secondary N) is 1. The lowest BCUT2D eigenvalue weighted by molar-refractivity contribution is 0.0594. The van der Waals surface area contributed by atoms with Gasteiger partial charge in [0.1, 0.15) is 5.82 Å². The maximum absolute atomic E-state index is 11.7. The van der Waals surface area contributed by atoms with E-state index >= 15 is 0 Å². The highest BCUT2D eigenvalue weighted by molar-refractivity contribution is 6.28. The molecule has 1 saturated heterocycles. The Balaban J connectivity index is 1.54. The molecule has 0 spiro atoms. The number of hydrogen-bond donors (Lipinski definition) is 1. The Morgan fingerprint density at radius 1 is 1.19 bits per heavy atom. The highest BCUT2D eigenvalue weighted by Gasteiger charge is 2.21. The molecule has 2 heterocycles. The summed E-state index contributed by atoms with van der Waals surface area (Å²) in [6.45, 7) is 5.58. The summed E-state index contributed by atoms with van der Waals surface area (Å²) in [5, 5.41) is 3.39. The molecule has 2 aromatic rings. The monoisotopic (exact) mass is 462 g/mol. The lowest BCUT2D eigenvalue weighted by Crippen LogP contribution is -2.38. The molecule has 1 aromatic heterocycles. The van der Waals surface area contributed by atoms with Gasteiger partial charge in [-0.05, 0) is 48.6 Å². The number of rotatable bonds is 10. The molecule has 174 valence electrons. The van der Waals surface area contributed by atoms with Gasteiger partial charge in [0, 0.05) is 31.7 Å². The fourth-order valence-corrected chi connectivity index (χ4v) is 3.84. The second kappa shape index (κ2) is 11.9. The first kappa shape index (κ1) is 24.1. The molecule has 1 N–H and O–H groups in total. The Kier molecular flexibility index (Phi) is 8.93. The number of piperidine rings is 1. The first-order chi connectivity index (χ1) is 15.5. The van der Waals surface area contributed by atoms with Gasteiger partial charge in [0.2, 0.25) is 5.28 Å². The van der Waals surface area contributed by atoms with Crippen LogP contribution in [0.25, 0.3) is 0 Å². The van der Waals surface area contributed by atoms with Crippen molar-refractivity contribution in [3.8, 4) is 11.5 Å². The summed E-state index contributed by atoms with van der Waals surface area (Å²) < 4.78 is 16.1. The van der Waals surface area contributed by atoms with Crippen LogP contribution in [0.15, 0.2) is 24.3 Å². The van der Waals surface area contributed by atoms with Crippen LogP contribution in [0.5, 0.6) is 11.5 Å². The number of likely N-dealkylation sites (tertiary alicyclic amines) is 1. The summed E-state index contributed by atoms with van der Waals surface area (Å²) in [7, 11) is 2.97. The fraction of sp³-hybridized carbons (Fsp3) is 0.522. The Morgan fingerprint density at radius 2 is 1.97 bits per heavy atom. The average Bonchev–Trinajstić information content (AvgIpc) is 2.80. The number of esters is 1. The van der Waals surface area contributed by atoms with Crippen LogP contribution in [0.3, 0.4) is 0 Å². The molecule has 1 aromatic carbocycles. The van der Waals surface area contributed by atoms with E-state index in [0.29, 0.717) is 12.4 Å². The van der Waals surface area contributed by atoms with Gasteiger partial charge in [-0.3, -0.25) is 4.90 Å². The summed E-state index contributed by atoms with van der Waals surface area (Å²) in [4.78, 5) is 22.3. The van der Waals surface area contributed by atoms with Gasteiger partial charge in [-0.1, -0.05) is 19.4 Å². The molecular weight excluding hydrogens is 432 g/mol. The van der Waals surface area contributed by atoms with Crippen LogP contribution in [-0.2, 0) is 11.3 Å². The number of methoxy groups -OCH3 is 2. The molecule has 0 aliphatic carbocycles. The second-order valence-electron chi connectivity index (χ2n) is 7.78. The molecule has 1 fully saturated rings. The third kappa shape index (κ3) is 6.71. The number of nitrogens with zero attached hydrogens (tertiary/aromatic N) is 3. The zero-order chi connectivity index (χ0) is 22.9. The summed E-state index contributed by atoms with van der Waals surface area (Å²) in [5.41, 5.74) is 1.35. The first-order valence-electron chi connectivity index (χ1n) is 10.9. The molecular formula is C23H31ClN4O4. The molecule has 0 atom stereocenters. The SMILES string of the molecule is CCCCOc1cc(CN2CCC(Nc3cc(C(=O)OC)nc(Cl)n3)CC2)ccc1OC. The molecule has 0 saturated carbocycles. The van der Waals surface area contributed by atoms with Crippen molar-refractivity contribution in [2.75, 3.05) is 39.2 Å². The lowest BCUT2D eigenvalue weighted by atomic mass is 10.0. The Labute approximate surface area is 194 Å². The molecule has 32 heavy (non-hydrogen) atoms. The zero-order valence-electron chi connectivity index (χ0n) is 18.9. The van der Waals surface area contributed by atoms with E-state index < -0.39 is 5.97 Å². The molecule has 3 rings (SSSR count). The summed E-state index contributed by atoms with van der Waals surface area (Å²) in [6, 6.07) is 7.96. The van der Waals surface area contributed by atoms with Crippen molar-refractivity contribution in [3.63, 3.8) is 0 Å². The van der Waals surface area contributed by atoms with Crippen molar-refractivity contribution >= 4 is 23.4 Å². The number of anilines is 1. The van der Waals surface area contributed by atoms with Crippen molar-refractivity contribution in [1.82, 2.24) is 14.9 Å². The van der Waals surface area contributed by atoms with Crippen molar-refractivity contribution < 1.29 is 19.0 Å². The van der Waals surface area contributed by atoms with Gasteiger partial charge in [-0.15, -0.1) is 0 Å². The number of carbonyl (C=O) groups is 1. The summed E-state index contributed by atoms with van der Waals surface area (Å²) >= 11 is 5.96. The molecule has 1 aliphatic heterocycles. The zero-order valence-corrected chi connectivity index (χ0v) is 19.7. The van der Waals surface area contributed by atoms with E-state index in [0.717, 1.165) is 56.8 Å². The van der Waals surface area contributed by atoms with Crippen LogP contribution >= 0.6 is 11.6 Å². The smallest absolute Gasteiger partial charge is 0.356 e. The van der Waals surface area contributed by atoms with E-state index in [4.69, 9.17) is 25.8 Å². The van der Waals surface area contributed by atoms with Crippen molar-refractivity contribution in [2.24, 2.45) is 0 Å². The molecule has 0 amide bonds. The molecule has 0 unspecified atom stereocenters. The highest BCUT2D eigenvalue weighted by atomic mass is 35.5. The van der Waals surface area contributed by atoms with Crippen molar-refractivity contribution in [2.45, 2.75) is 45.2 Å². The Bertz CT molecular complexity index is 904. The Morgan fingerprint density at radius 3 is 2.66 bits per heavy atom. The van der Waals surface area contributed by atoms with Crippen LogP contribution in [0, 0.1) is 0 Å². The third-order valence-corrected chi connectivity index (χ3v) is 5.59. The second-order valence-corrected chi connectivity index (χ2v) is 8.12. The van der Waals surface area contributed by atoms with Gasteiger partial charge < -0.3 is 19.5 Å². The van der Waals surface area contributed by atoms with Crippen LogP contribution in [-0.4, -0.2) is 60.8 Å². The number of carbonyl (C=O) groups excluding carboxylic acids is 1. The van der Waals surface area contributed by atoms with Gasteiger partial charge >= 0.3 is 5.97 Å². The number of halogens is 1. The third-order valence-electron chi connectivity index (χ3n) is 5.42. The van der Waals surface area contributed by atoms with Crippen molar-refractivity contribution in [3.05, 3.63) is 40.8 Å². The predicted octanol–water partition coefficient (Wildman–Crippen LogP) is 4.18. The number of ether oxygens (including phenoxy) is 3. The fourth-order valence-electron chi connectivity index (χ4n) is 3.66. The minimum atomic E-state index is -0.537. The van der Waals surface area contributed by atoms with E-state index in [1.807, 2.05) is 6.07 Å². The van der Waals surface area contributed by atoms with Gasteiger partial charge in [-0.2, -0.15) is 0 Å². The minimum Gasteiger partial charge on any atom is -0.493 e.